The Bertz CT molecular complexity index is 123. The molecule has 0 saturated heterocycles. The highest BCUT2D eigenvalue weighted by molar-refractivity contribution is 5.53. The molecule has 0 radical (unpaired) electrons. The number of nitrogens with zero attached hydrogens (tertiary/aromatic N) is 1. The summed E-state index contributed by atoms with van der Waals surface area (Å²) in [6.07, 6.45) is -0.865. The molecule has 0 aliphatic carbocycles. The van der Waals surface area contributed by atoms with Gasteiger partial charge in [0.2, 0.25) is 0 Å². The van der Waals surface area contributed by atoms with Gasteiger partial charge in [-0.1, -0.05) is 6.92 Å². The molecule has 0 aromatic carbocycles. The molecule has 0 bridgehead atoms. The van der Waals surface area contributed by atoms with E-state index >= 15 is 0 Å². The number of rotatable bonds is 1. The van der Waals surface area contributed by atoms with Crippen LogP contribution in [0.1, 0.15) is 20.3 Å². The molecule has 4 nitrogen and oxygen atoms in total. The molecule has 0 fully saturated rings. The van der Waals surface area contributed by atoms with E-state index in [9.17, 15) is 0 Å². The molecule has 1 atom stereocenters. The van der Waals surface area contributed by atoms with E-state index in [0.29, 0.717) is 0 Å². The summed E-state index contributed by atoms with van der Waals surface area (Å²) in [5.41, 5.74) is 0. The lowest BCUT2D eigenvalue weighted by atomic mass is 10.2. The maximum Gasteiger partial charge on any atom is 0.503 e. The van der Waals surface area contributed by atoms with Gasteiger partial charge in [-0.15, -0.1) is 0 Å². The Morgan fingerprint density at radius 2 is 2.00 bits per heavy atom. The summed E-state index contributed by atoms with van der Waals surface area (Å²) in [4.78, 5) is 8.56. The van der Waals surface area contributed by atoms with Crippen molar-refractivity contribution in [3.05, 3.63) is 0 Å². The third-order valence-corrected chi connectivity index (χ3v) is 0.833. The fourth-order valence-corrected chi connectivity index (χ4v) is 0.0913. The van der Waals surface area contributed by atoms with Crippen LogP contribution in [-0.4, -0.2) is 16.4 Å². The zero-order valence-electron chi connectivity index (χ0n) is 6.03. The highest BCUT2D eigenvalue weighted by Gasteiger charge is 1.88. The molecule has 1 unspecified atom stereocenters. The Labute approximate surface area is 59.7 Å². The molecule has 0 rings (SSSR count). The van der Waals surface area contributed by atoms with Gasteiger partial charge in [0.25, 0.3) is 0 Å². The molecule has 0 aromatic rings. The third kappa shape index (κ3) is 29.4. The number of carboxylic acid groups (broad SMARTS) is 2. The van der Waals surface area contributed by atoms with E-state index in [1.807, 2.05) is 13.8 Å². The van der Waals surface area contributed by atoms with E-state index < -0.39 is 6.16 Å². The van der Waals surface area contributed by atoms with Crippen LogP contribution in [0.4, 0.5) is 4.79 Å². The average molecular weight is 145 g/mol. The SMILES string of the molecule is CCC(C)C#N.O=C(O)O. The van der Waals surface area contributed by atoms with Crippen molar-refractivity contribution in [3.63, 3.8) is 0 Å². The summed E-state index contributed by atoms with van der Waals surface area (Å²) >= 11 is 0. The summed E-state index contributed by atoms with van der Waals surface area (Å²) in [6, 6.07) is 2.11. The standard InChI is InChI=1S/C5H9N.CH2O3/c1-3-5(2)4-6;2-1(3)4/h5H,3H2,1-2H3;(H2,2,3,4). The van der Waals surface area contributed by atoms with Crippen molar-refractivity contribution in [1.82, 2.24) is 0 Å². The van der Waals surface area contributed by atoms with E-state index in [4.69, 9.17) is 20.3 Å². The molecule has 0 aromatic heterocycles. The second-order valence-electron chi connectivity index (χ2n) is 1.72. The van der Waals surface area contributed by atoms with Crippen LogP contribution in [0, 0.1) is 17.2 Å². The average Bonchev–Trinajstić information content (AvgIpc) is 1.85. The van der Waals surface area contributed by atoms with E-state index in [0.717, 1.165) is 6.42 Å². The molecule has 10 heavy (non-hydrogen) atoms. The van der Waals surface area contributed by atoms with Gasteiger partial charge in [0.1, 0.15) is 0 Å². The predicted octanol–water partition coefficient (Wildman–Crippen LogP) is 1.78. The Kier molecular flexibility index (Phi) is 8.96. The fourth-order valence-electron chi connectivity index (χ4n) is 0.0913. The van der Waals surface area contributed by atoms with E-state index in [1.54, 1.807) is 0 Å². The lowest BCUT2D eigenvalue weighted by Crippen LogP contribution is -1.81. The highest BCUT2D eigenvalue weighted by Crippen LogP contribution is 1.94. The molecule has 0 aliphatic rings. The lowest BCUT2D eigenvalue weighted by molar-refractivity contribution is 0.137. The summed E-state index contributed by atoms with van der Waals surface area (Å²) in [7, 11) is 0. The Morgan fingerprint density at radius 1 is 1.70 bits per heavy atom. The minimum atomic E-state index is -1.83. The van der Waals surface area contributed by atoms with E-state index in [1.165, 1.54) is 0 Å². The Hall–Kier alpha value is -1.24. The smallest absolute Gasteiger partial charge is 0.450 e. The molecule has 0 amide bonds. The van der Waals surface area contributed by atoms with Crippen molar-refractivity contribution >= 4 is 6.16 Å². The topological polar surface area (TPSA) is 81.3 Å². The first-order valence-electron chi connectivity index (χ1n) is 2.86. The van der Waals surface area contributed by atoms with Crippen LogP contribution < -0.4 is 0 Å². The number of hydrogen-bond acceptors (Lipinski definition) is 2. The van der Waals surface area contributed by atoms with E-state index in [2.05, 4.69) is 6.07 Å². The molecule has 0 saturated carbocycles. The van der Waals surface area contributed by atoms with Gasteiger partial charge in [0.15, 0.2) is 0 Å². The first-order chi connectivity index (χ1) is 4.54. The first kappa shape index (κ1) is 11.5. The summed E-state index contributed by atoms with van der Waals surface area (Å²) < 4.78 is 0. The summed E-state index contributed by atoms with van der Waals surface area (Å²) in [6.45, 7) is 3.92. The molecular weight excluding hydrogens is 134 g/mol. The normalized spacial score (nSPS) is 10.1. The molecule has 2 N–H and O–H groups in total. The van der Waals surface area contributed by atoms with Gasteiger partial charge in [-0.2, -0.15) is 5.26 Å². The maximum absolute atomic E-state index is 8.56. The van der Waals surface area contributed by atoms with Crippen molar-refractivity contribution in [1.29, 1.82) is 5.26 Å². The lowest BCUT2D eigenvalue weighted by Gasteiger charge is -1.87. The molecule has 0 aliphatic heterocycles. The zero-order chi connectivity index (χ0) is 8.57. The number of carbonyl (C=O) groups is 1. The van der Waals surface area contributed by atoms with Crippen LogP contribution in [0.15, 0.2) is 0 Å². The van der Waals surface area contributed by atoms with Gasteiger partial charge in [-0.3, -0.25) is 0 Å². The number of nitriles is 1. The summed E-state index contributed by atoms with van der Waals surface area (Å²) in [5.74, 6) is 0.241. The van der Waals surface area contributed by atoms with Gasteiger partial charge >= 0.3 is 6.16 Å². The van der Waals surface area contributed by atoms with Gasteiger partial charge < -0.3 is 10.2 Å². The third-order valence-electron chi connectivity index (χ3n) is 0.833. The van der Waals surface area contributed by atoms with Crippen LogP contribution >= 0.6 is 0 Å². The minimum absolute atomic E-state index is 0.241. The van der Waals surface area contributed by atoms with Crippen molar-refractivity contribution in [2.24, 2.45) is 5.92 Å². The van der Waals surface area contributed by atoms with E-state index in [-0.39, 0.29) is 5.92 Å². The molecule has 0 heterocycles. The molecule has 0 spiro atoms. The van der Waals surface area contributed by atoms with Gasteiger partial charge in [0, 0.05) is 5.92 Å². The van der Waals surface area contributed by atoms with Crippen LogP contribution in [0.3, 0.4) is 0 Å². The van der Waals surface area contributed by atoms with Crippen molar-refractivity contribution < 1.29 is 15.0 Å². The molecule has 4 heteroatoms. The fraction of sp³-hybridized carbons (Fsp3) is 0.667. The van der Waals surface area contributed by atoms with Crippen LogP contribution in [-0.2, 0) is 0 Å². The quantitative estimate of drug-likeness (QED) is 0.589. The second kappa shape index (κ2) is 7.76. The number of hydrogen-bond donors (Lipinski definition) is 2. The van der Waals surface area contributed by atoms with Crippen molar-refractivity contribution in [3.8, 4) is 6.07 Å². The minimum Gasteiger partial charge on any atom is -0.450 e. The molecule has 58 valence electrons. The largest absolute Gasteiger partial charge is 0.503 e. The van der Waals surface area contributed by atoms with Crippen LogP contribution in [0.2, 0.25) is 0 Å². The van der Waals surface area contributed by atoms with Gasteiger partial charge in [-0.25, -0.2) is 4.79 Å². The van der Waals surface area contributed by atoms with Crippen LogP contribution in [0.25, 0.3) is 0 Å². The highest BCUT2D eigenvalue weighted by atomic mass is 16.6. The zero-order valence-corrected chi connectivity index (χ0v) is 6.03. The predicted molar refractivity (Wildman–Crippen MR) is 35.7 cm³/mol. The first-order valence-corrected chi connectivity index (χ1v) is 2.86. The monoisotopic (exact) mass is 145 g/mol. The van der Waals surface area contributed by atoms with Crippen molar-refractivity contribution in [2.45, 2.75) is 20.3 Å². The summed E-state index contributed by atoms with van der Waals surface area (Å²) in [5, 5.41) is 22.0. The van der Waals surface area contributed by atoms with Gasteiger partial charge in [-0.05, 0) is 13.3 Å². The second-order valence-corrected chi connectivity index (χ2v) is 1.72. The van der Waals surface area contributed by atoms with Gasteiger partial charge in [0.05, 0.1) is 6.07 Å². The molecular formula is C6H11NO3. The van der Waals surface area contributed by atoms with Crippen molar-refractivity contribution in [2.75, 3.05) is 0 Å². The Balaban J connectivity index is 0. The Morgan fingerprint density at radius 3 is 2.00 bits per heavy atom. The maximum atomic E-state index is 8.56. The van der Waals surface area contributed by atoms with Crippen LogP contribution in [0.5, 0.6) is 0 Å².